The molecule has 2 amide bonds. The zero-order valence-electron chi connectivity index (χ0n) is 21.5. The molecule has 0 radical (unpaired) electrons. The number of methoxy groups -OCH3 is 2. The number of likely N-dealkylation sites (N-methyl/N-ethyl adjacent to an activating group) is 1. The highest BCUT2D eigenvalue weighted by molar-refractivity contribution is 9.10. The number of carbonyl (C=O) groups is 2. The van der Waals surface area contributed by atoms with Crippen LogP contribution in [0.15, 0.2) is 82.2 Å². The van der Waals surface area contributed by atoms with E-state index in [4.69, 9.17) is 9.47 Å². The second-order valence-electron chi connectivity index (χ2n) is 8.31. The molecule has 0 unspecified atom stereocenters. The molecular formula is C27H30BrN3O6S. The summed E-state index contributed by atoms with van der Waals surface area (Å²) in [6.07, 6.45) is 0. The van der Waals surface area contributed by atoms with Crippen molar-refractivity contribution in [3.05, 3.63) is 82.8 Å². The van der Waals surface area contributed by atoms with Gasteiger partial charge in [0.1, 0.15) is 12.6 Å². The average molecular weight is 605 g/mol. The highest BCUT2D eigenvalue weighted by atomic mass is 79.9. The highest BCUT2D eigenvalue weighted by Gasteiger charge is 2.32. The summed E-state index contributed by atoms with van der Waals surface area (Å²) < 4.78 is 40.2. The first-order valence-corrected chi connectivity index (χ1v) is 13.9. The number of hydrogen-bond acceptors (Lipinski definition) is 6. The van der Waals surface area contributed by atoms with E-state index in [0.717, 1.165) is 14.3 Å². The second-order valence-corrected chi connectivity index (χ2v) is 11.1. The van der Waals surface area contributed by atoms with Gasteiger partial charge in [-0.2, -0.15) is 0 Å². The van der Waals surface area contributed by atoms with Crippen molar-refractivity contribution in [1.82, 2.24) is 10.2 Å². The van der Waals surface area contributed by atoms with Crippen LogP contribution in [0.2, 0.25) is 0 Å². The standard InChI is InChI=1S/C27H30BrN3O6S/c1-19(27(33)29-2)30(17-20-9-8-10-21(28)15-20)26(32)18-31(22-11-6-5-7-12-22)38(34,35)23-13-14-24(36-3)25(16-23)37-4/h5-16,19H,17-18H2,1-4H3,(H,29,33)/t19-/m1/s1. The number of para-hydroxylation sites is 1. The van der Waals surface area contributed by atoms with Crippen molar-refractivity contribution < 1.29 is 27.5 Å². The van der Waals surface area contributed by atoms with Gasteiger partial charge < -0.3 is 19.7 Å². The third-order valence-corrected chi connectivity index (χ3v) is 8.18. The molecule has 0 saturated carbocycles. The van der Waals surface area contributed by atoms with Crippen LogP contribution in [0, 0.1) is 0 Å². The van der Waals surface area contributed by atoms with Crippen molar-refractivity contribution in [3.63, 3.8) is 0 Å². The molecule has 1 atom stereocenters. The maximum atomic E-state index is 13.9. The SMILES string of the molecule is CNC(=O)[C@@H](C)N(Cc1cccc(Br)c1)C(=O)CN(c1ccccc1)S(=O)(=O)c1ccc(OC)c(OC)c1. The summed E-state index contributed by atoms with van der Waals surface area (Å²) in [5.74, 6) is -0.317. The molecule has 0 aliphatic heterocycles. The van der Waals surface area contributed by atoms with Gasteiger partial charge in [-0.15, -0.1) is 0 Å². The Kier molecular flexibility index (Phi) is 9.76. The van der Waals surface area contributed by atoms with E-state index < -0.39 is 28.5 Å². The molecule has 0 bridgehead atoms. The molecule has 202 valence electrons. The van der Waals surface area contributed by atoms with E-state index in [2.05, 4.69) is 21.2 Å². The first-order valence-electron chi connectivity index (χ1n) is 11.7. The topological polar surface area (TPSA) is 105 Å². The minimum Gasteiger partial charge on any atom is -0.493 e. The molecule has 0 aromatic heterocycles. The summed E-state index contributed by atoms with van der Waals surface area (Å²) in [6, 6.07) is 19.0. The smallest absolute Gasteiger partial charge is 0.264 e. The van der Waals surface area contributed by atoms with E-state index in [-0.39, 0.29) is 23.1 Å². The van der Waals surface area contributed by atoms with Crippen LogP contribution in [0.1, 0.15) is 12.5 Å². The largest absolute Gasteiger partial charge is 0.493 e. The molecule has 0 fully saturated rings. The number of amides is 2. The predicted molar refractivity (Wildman–Crippen MR) is 149 cm³/mol. The number of rotatable bonds is 11. The molecule has 0 saturated heterocycles. The first-order chi connectivity index (χ1) is 18.1. The zero-order valence-corrected chi connectivity index (χ0v) is 24.0. The zero-order chi connectivity index (χ0) is 27.9. The number of anilines is 1. The van der Waals surface area contributed by atoms with Crippen molar-refractivity contribution in [1.29, 1.82) is 0 Å². The van der Waals surface area contributed by atoms with Crippen molar-refractivity contribution in [2.75, 3.05) is 32.1 Å². The van der Waals surface area contributed by atoms with Crippen molar-refractivity contribution in [2.24, 2.45) is 0 Å². The summed E-state index contributed by atoms with van der Waals surface area (Å²) >= 11 is 3.42. The number of sulfonamides is 1. The minimum absolute atomic E-state index is 0.0790. The summed E-state index contributed by atoms with van der Waals surface area (Å²) in [7, 11) is 0.118. The number of ether oxygens (including phenoxy) is 2. The summed E-state index contributed by atoms with van der Waals surface area (Å²) in [6.45, 7) is 1.17. The fourth-order valence-corrected chi connectivity index (χ4v) is 5.73. The van der Waals surface area contributed by atoms with E-state index in [1.807, 2.05) is 24.3 Å². The quantitative estimate of drug-likeness (QED) is 0.357. The van der Waals surface area contributed by atoms with Gasteiger partial charge in [0.05, 0.1) is 24.8 Å². The van der Waals surface area contributed by atoms with E-state index in [0.29, 0.717) is 11.4 Å². The van der Waals surface area contributed by atoms with E-state index >= 15 is 0 Å². The molecule has 1 N–H and O–H groups in total. The molecular weight excluding hydrogens is 574 g/mol. The van der Waals surface area contributed by atoms with Gasteiger partial charge in [0.25, 0.3) is 10.0 Å². The lowest BCUT2D eigenvalue weighted by molar-refractivity contribution is -0.139. The molecule has 3 rings (SSSR count). The molecule has 11 heteroatoms. The van der Waals surface area contributed by atoms with E-state index in [9.17, 15) is 18.0 Å². The van der Waals surface area contributed by atoms with Gasteiger partial charge in [-0.1, -0.05) is 46.3 Å². The fourth-order valence-electron chi connectivity index (χ4n) is 3.85. The highest BCUT2D eigenvalue weighted by Crippen LogP contribution is 2.32. The lowest BCUT2D eigenvalue weighted by atomic mass is 10.1. The van der Waals surface area contributed by atoms with Gasteiger partial charge in [-0.25, -0.2) is 8.42 Å². The Morgan fingerprint density at radius 1 is 0.947 bits per heavy atom. The Balaban J connectivity index is 2.04. The molecule has 0 aliphatic rings. The second kappa shape index (κ2) is 12.8. The van der Waals surface area contributed by atoms with Crippen LogP contribution in [0.25, 0.3) is 0 Å². The van der Waals surface area contributed by atoms with Crippen molar-refractivity contribution >= 4 is 43.5 Å². The van der Waals surface area contributed by atoms with Crippen molar-refractivity contribution in [2.45, 2.75) is 24.4 Å². The monoisotopic (exact) mass is 603 g/mol. The molecule has 3 aromatic rings. The number of nitrogens with one attached hydrogen (secondary N) is 1. The number of halogens is 1. The lowest BCUT2D eigenvalue weighted by Crippen LogP contribution is -2.50. The Morgan fingerprint density at radius 3 is 2.24 bits per heavy atom. The summed E-state index contributed by atoms with van der Waals surface area (Å²) in [5, 5.41) is 2.56. The number of carbonyl (C=O) groups excluding carboxylic acids is 2. The Hall–Kier alpha value is -3.57. The average Bonchev–Trinajstić information content (AvgIpc) is 2.93. The summed E-state index contributed by atoms with van der Waals surface area (Å²) in [5.41, 5.74) is 1.07. The van der Waals surface area contributed by atoms with Gasteiger partial charge in [0, 0.05) is 24.1 Å². The summed E-state index contributed by atoms with van der Waals surface area (Å²) in [4.78, 5) is 27.6. The van der Waals surface area contributed by atoms with Gasteiger partial charge in [0.15, 0.2) is 11.5 Å². The van der Waals surface area contributed by atoms with Crippen molar-refractivity contribution in [3.8, 4) is 11.5 Å². The Labute approximate surface area is 231 Å². The molecule has 0 heterocycles. The molecule has 3 aromatic carbocycles. The third kappa shape index (κ3) is 6.65. The van der Waals surface area contributed by atoms with Crippen LogP contribution >= 0.6 is 15.9 Å². The van der Waals surface area contributed by atoms with Gasteiger partial charge in [0.2, 0.25) is 11.8 Å². The van der Waals surface area contributed by atoms with Crippen LogP contribution < -0.4 is 19.1 Å². The Bertz CT molecular complexity index is 1380. The molecule has 0 aliphatic carbocycles. The van der Waals surface area contributed by atoms with Crippen LogP contribution in [-0.2, 0) is 26.2 Å². The first kappa shape index (κ1) is 29.0. The lowest BCUT2D eigenvalue weighted by Gasteiger charge is -2.31. The fraction of sp³-hybridized carbons (Fsp3) is 0.259. The Morgan fingerprint density at radius 2 is 1.63 bits per heavy atom. The van der Waals surface area contributed by atoms with E-state index in [1.54, 1.807) is 37.3 Å². The predicted octanol–water partition coefficient (Wildman–Crippen LogP) is 3.82. The van der Waals surface area contributed by atoms with E-state index in [1.165, 1.54) is 44.4 Å². The van der Waals surface area contributed by atoms with Crippen LogP contribution in [-0.4, -0.2) is 59.0 Å². The molecule has 9 nitrogen and oxygen atoms in total. The number of hydrogen-bond donors (Lipinski definition) is 1. The number of benzene rings is 3. The minimum atomic E-state index is -4.23. The van der Waals surface area contributed by atoms with Crippen LogP contribution in [0.4, 0.5) is 5.69 Å². The molecule has 0 spiro atoms. The van der Waals surface area contributed by atoms with Gasteiger partial charge in [-0.05, 0) is 48.9 Å². The molecule has 38 heavy (non-hydrogen) atoms. The van der Waals surface area contributed by atoms with Crippen LogP contribution in [0.5, 0.6) is 11.5 Å². The maximum Gasteiger partial charge on any atom is 0.264 e. The van der Waals surface area contributed by atoms with Crippen LogP contribution in [0.3, 0.4) is 0 Å². The van der Waals surface area contributed by atoms with Gasteiger partial charge in [-0.3, -0.25) is 13.9 Å². The normalized spacial score (nSPS) is 11.8. The van der Waals surface area contributed by atoms with Gasteiger partial charge >= 0.3 is 0 Å². The number of nitrogens with zero attached hydrogens (tertiary/aromatic N) is 2. The third-order valence-electron chi connectivity index (χ3n) is 5.92. The maximum absolute atomic E-state index is 13.9.